The maximum Gasteiger partial charge on any atom is 0.258 e. The number of carbonyl (C=O) groups is 1. The summed E-state index contributed by atoms with van der Waals surface area (Å²) in [6, 6.07) is 11.5. The van der Waals surface area contributed by atoms with Crippen LogP contribution in [0.2, 0.25) is 0 Å². The molecule has 0 saturated carbocycles. The fourth-order valence-corrected chi connectivity index (χ4v) is 3.23. The van der Waals surface area contributed by atoms with Gasteiger partial charge in [-0.05, 0) is 67.9 Å². The second kappa shape index (κ2) is 10.7. The molecule has 3 N–H and O–H groups in total. The van der Waals surface area contributed by atoms with Gasteiger partial charge < -0.3 is 10.4 Å². The Bertz CT molecular complexity index is 1160. The lowest BCUT2D eigenvalue weighted by Gasteiger charge is -2.11. The van der Waals surface area contributed by atoms with E-state index in [0.717, 1.165) is 16.8 Å². The summed E-state index contributed by atoms with van der Waals surface area (Å²) in [4.78, 5) is 25.2. The molecule has 0 saturated heterocycles. The molecule has 0 unspecified atom stereocenters. The van der Waals surface area contributed by atoms with E-state index in [1.54, 1.807) is 6.92 Å². The van der Waals surface area contributed by atoms with Crippen LogP contribution in [0, 0.1) is 24.4 Å². The second-order valence-electron chi connectivity index (χ2n) is 6.90. The first-order chi connectivity index (χ1) is 14.7. The van der Waals surface area contributed by atoms with Crippen molar-refractivity contribution < 1.29 is 14.3 Å². The van der Waals surface area contributed by atoms with E-state index in [1.807, 2.05) is 39.0 Å². The molecule has 0 aliphatic heterocycles. The highest BCUT2D eigenvalue weighted by atomic mass is 32.1. The quantitative estimate of drug-likeness (QED) is 0.498. The summed E-state index contributed by atoms with van der Waals surface area (Å²) in [7, 11) is 0. The minimum atomic E-state index is -0.404. The van der Waals surface area contributed by atoms with E-state index in [4.69, 9.17) is 12.2 Å². The normalized spacial score (nSPS) is 10.2. The van der Waals surface area contributed by atoms with Gasteiger partial charge in [-0.2, -0.15) is 0 Å². The van der Waals surface area contributed by atoms with E-state index in [0.29, 0.717) is 18.5 Å². The number of nitrogens with zero attached hydrogens (tertiary/aromatic N) is 1. The van der Waals surface area contributed by atoms with Gasteiger partial charge in [0.1, 0.15) is 5.82 Å². The fourth-order valence-electron chi connectivity index (χ4n) is 2.95. The number of benzene rings is 2. The first-order valence-corrected chi connectivity index (χ1v) is 10.3. The lowest BCUT2D eigenvalue weighted by Crippen LogP contribution is -2.17. The van der Waals surface area contributed by atoms with Gasteiger partial charge >= 0.3 is 0 Å². The molecule has 0 fully saturated rings. The van der Waals surface area contributed by atoms with Crippen molar-refractivity contribution in [3.63, 3.8) is 0 Å². The molecule has 0 bridgehead atoms. The number of amides is 1. The number of carbonyl (C=O) groups excluding carboxylic acids is 1. The average molecular weight is 444 g/mol. The van der Waals surface area contributed by atoms with Gasteiger partial charge in [0.25, 0.3) is 5.56 Å². The van der Waals surface area contributed by atoms with E-state index < -0.39 is 5.56 Å². The zero-order valence-corrected chi connectivity index (χ0v) is 18.8. The maximum absolute atomic E-state index is 12.9. The van der Waals surface area contributed by atoms with Gasteiger partial charge in [0.2, 0.25) is 11.8 Å². The molecule has 0 aliphatic rings. The third-order valence-electron chi connectivity index (χ3n) is 4.68. The van der Waals surface area contributed by atoms with Crippen LogP contribution < -0.4 is 10.9 Å². The molecule has 0 aliphatic carbocycles. The summed E-state index contributed by atoms with van der Waals surface area (Å²) in [5.41, 5.74) is 3.51. The number of hydrogen-bond donors (Lipinski definition) is 3. The monoisotopic (exact) mass is 443 g/mol. The SMILES string of the molecule is CCC(=O)Nc1c(C)cccc1C.CCc1c(O)n(-c2ccc(F)cc2)c(=S)[nH]c1=O. The molecule has 6 nitrogen and oxygen atoms in total. The van der Waals surface area contributed by atoms with Crippen LogP contribution in [0.1, 0.15) is 37.0 Å². The number of H-pyrrole nitrogens is 1. The van der Waals surface area contributed by atoms with Crippen LogP contribution in [0.15, 0.2) is 47.3 Å². The average Bonchev–Trinajstić information content (AvgIpc) is 2.72. The van der Waals surface area contributed by atoms with Crippen molar-refractivity contribution in [3.8, 4) is 11.6 Å². The highest BCUT2D eigenvalue weighted by Gasteiger charge is 2.12. The Morgan fingerprint density at radius 1 is 1.13 bits per heavy atom. The zero-order valence-electron chi connectivity index (χ0n) is 18.0. The minimum Gasteiger partial charge on any atom is -0.494 e. The second-order valence-corrected chi connectivity index (χ2v) is 7.28. The Kier molecular flexibility index (Phi) is 8.27. The summed E-state index contributed by atoms with van der Waals surface area (Å²) in [5, 5.41) is 12.9. The van der Waals surface area contributed by atoms with Crippen molar-refractivity contribution >= 4 is 23.8 Å². The molecule has 0 atom stereocenters. The van der Waals surface area contributed by atoms with Gasteiger partial charge in [-0.15, -0.1) is 0 Å². The first kappa shape index (κ1) is 24.0. The Balaban J connectivity index is 0.000000233. The summed E-state index contributed by atoms with van der Waals surface area (Å²) in [5.74, 6) is -0.528. The fraction of sp³-hybridized carbons (Fsp3) is 0.261. The number of aryl methyl sites for hydroxylation is 2. The largest absolute Gasteiger partial charge is 0.494 e. The number of rotatable bonds is 4. The van der Waals surface area contributed by atoms with Crippen LogP contribution in [0.3, 0.4) is 0 Å². The molecular weight excluding hydrogens is 417 g/mol. The molecule has 3 rings (SSSR count). The summed E-state index contributed by atoms with van der Waals surface area (Å²) < 4.78 is 14.2. The standard InChI is InChI=1S/C12H11FN2O2S.C11H15NO/c1-2-9-10(16)14-12(18)15(11(9)17)8-5-3-7(13)4-6-8;1-4-10(13)12-11-8(2)6-5-7-9(11)3/h3-6,17H,2H2,1H3,(H,14,16,18);5-7H,4H2,1-3H3,(H,12,13). The lowest BCUT2D eigenvalue weighted by atomic mass is 10.1. The van der Waals surface area contributed by atoms with Gasteiger partial charge in [0, 0.05) is 12.1 Å². The Hall–Kier alpha value is -3.26. The number of hydrogen-bond acceptors (Lipinski definition) is 4. The molecule has 1 aromatic heterocycles. The van der Waals surface area contributed by atoms with Crippen molar-refractivity contribution in [2.75, 3.05) is 5.32 Å². The number of nitrogens with one attached hydrogen (secondary N) is 2. The topological polar surface area (TPSA) is 87.1 Å². The zero-order chi connectivity index (χ0) is 23.1. The van der Waals surface area contributed by atoms with Crippen molar-refractivity contribution in [3.05, 3.63) is 80.1 Å². The van der Waals surface area contributed by atoms with Crippen LogP contribution in [0.5, 0.6) is 5.88 Å². The van der Waals surface area contributed by atoms with Crippen molar-refractivity contribution in [1.29, 1.82) is 0 Å². The van der Waals surface area contributed by atoms with Crippen molar-refractivity contribution in [1.82, 2.24) is 9.55 Å². The summed E-state index contributed by atoms with van der Waals surface area (Å²) in [6.45, 7) is 7.60. The molecule has 2 aromatic carbocycles. The molecule has 31 heavy (non-hydrogen) atoms. The number of halogens is 1. The van der Waals surface area contributed by atoms with Crippen LogP contribution >= 0.6 is 12.2 Å². The minimum absolute atomic E-state index is 0.0670. The number of anilines is 1. The molecule has 3 aromatic rings. The number of para-hydroxylation sites is 1. The van der Waals surface area contributed by atoms with Crippen LogP contribution in [-0.4, -0.2) is 20.6 Å². The molecule has 0 radical (unpaired) electrons. The Morgan fingerprint density at radius 2 is 1.71 bits per heavy atom. The predicted molar refractivity (Wildman–Crippen MR) is 123 cm³/mol. The molecule has 8 heteroatoms. The molecule has 1 amide bonds. The van der Waals surface area contributed by atoms with E-state index in [2.05, 4.69) is 10.3 Å². The van der Waals surface area contributed by atoms with Gasteiger partial charge in [-0.1, -0.05) is 32.0 Å². The van der Waals surface area contributed by atoms with Gasteiger partial charge in [0.05, 0.1) is 11.3 Å². The third-order valence-corrected chi connectivity index (χ3v) is 4.97. The van der Waals surface area contributed by atoms with E-state index in [-0.39, 0.29) is 27.9 Å². The first-order valence-electron chi connectivity index (χ1n) is 9.88. The molecule has 0 spiro atoms. The van der Waals surface area contributed by atoms with E-state index in [1.165, 1.54) is 28.8 Å². The highest BCUT2D eigenvalue weighted by Crippen LogP contribution is 2.20. The molecule has 1 heterocycles. The van der Waals surface area contributed by atoms with Gasteiger partial charge in [-0.25, -0.2) is 4.39 Å². The third kappa shape index (κ3) is 5.88. The van der Waals surface area contributed by atoms with Crippen LogP contribution in [-0.2, 0) is 11.2 Å². The smallest absolute Gasteiger partial charge is 0.258 e. The van der Waals surface area contributed by atoms with E-state index in [9.17, 15) is 19.1 Å². The highest BCUT2D eigenvalue weighted by molar-refractivity contribution is 7.71. The molecular formula is C23H26FN3O3S. The summed E-state index contributed by atoms with van der Waals surface area (Å²) >= 11 is 5.00. The Morgan fingerprint density at radius 3 is 2.23 bits per heavy atom. The van der Waals surface area contributed by atoms with Crippen molar-refractivity contribution in [2.24, 2.45) is 0 Å². The van der Waals surface area contributed by atoms with Crippen LogP contribution in [0.25, 0.3) is 5.69 Å². The van der Waals surface area contributed by atoms with E-state index >= 15 is 0 Å². The summed E-state index contributed by atoms with van der Waals surface area (Å²) in [6.07, 6.45) is 0.895. The molecule has 164 valence electrons. The maximum atomic E-state index is 12.9. The van der Waals surface area contributed by atoms with Crippen molar-refractivity contribution in [2.45, 2.75) is 40.5 Å². The number of aromatic amines is 1. The lowest BCUT2D eigenvalue weighted by molar-refractivity contribution is -0.115. The number of aromatic nitrogens is 2. The predicted octanol–water partition coefficient (Wildman–Crippen LogP) is 4.95. The Labute approximate surface area is 185 Å². The van der Waals surface area contributed by atoms with Gasteiger partial charge in [-0.3, -0.25) is 19.1 Å². The number of aromatic hydroxyl groups is 1. The van der Waals surface area contributed by atoms with Crippen LogP contribution in [0.4, 0.5) is 10.1 Å². The van der Waals surface area contributed by atoms with Gasteiger partial charge in [0.15, 0.2) is 4.77 Å².